The third kappa shape index (κ3) is 6.36. The number of anilines is 2. The molecule has 3 aromatic rings. The molecule has 0 spiro atoms. The minimum atomic E-state index is -3.60. The van der Waals surface area contributed by atoms with Crippen molar-refractivity contribution in [2.75, 3.05) is 35.6 Å². The van der Waals surface area contributed by atoms with Crippen molar-refractivity contribution in [3.05, 3.63) is 72.2 Å². The molecule has 2 heterocycles. The van der Waals surface area contributed by atoms with E-state index in [1.807, 2.05) is 0 Å². The minimum Gasteiger partial charge on any atom is -0.486 e. The van der Waals surface area contributed by atoms with Crippen LogP contribution in [-0.4, -0.2) is 46.2 Å². The van der Waals surface area contributed by atoms with Gasteiger partial charge in [-0.3, -0.25) is 13.9 Å². The third-order valence-electron chi connectivity index (χ3n) is 5.43. The van der Waals surface area contributed by atoms with Crippen molar-refractivity contribution < 1.29 is 31.9 Å². The van der Waals surface area contributed by atoms with Crippen LogP contribution in [0.4, 0.5) is 11.4 Å². The molecule has 1 aromatic heterocycles. The number of para-hydroxylation sites is 1. The molecule has 4 rings (SSSR count). The summed E-state index contributed by atoms with van der Waals surface area (Å²) in [6, 6.07) is 15.1. The average molecular weight is 514 g/mol. The van der Waals surface area contributed by atoms with E-state index in [4.69, 9.17) is 13.9 Å². The van der Waals surface area contributed by atoms with Gasteiger partial charge in [0, 0.05) is 19.0 Å². The molecule has 2 amide bonds. The van der Waals surface area contributed by atoms with E-state index < -0.39 is 10.0 Å². The summed E-state index contributed by atoms with van der Waals surface area (Å²) in [7, 11) is -3.60. The Bertz CT molecular complexity index is 1320. The highest BCUT2D eigenvalue weighted by Crippen LogP contribution is 2.34. The zero-order chi connectivity index (χ0) is 25.5. The van der Waals surface area contributed by atoms with E-state index in [1.165, 1.54) is 10.6 Å². The molecule has 0 radical (unpaired) electrons. The smallest absolute Gasteiger partial charge is 0.253 e. The first kappa shape index (κ1) is 25.1. The SMILES string of the molecule is CS(=O)(=O)N(CCCC(=O)Nc1ccccc1C(=O)NCc1ccco1)c1ccc2c(c1)OCCO2. The quantitative estimate of drug-likeness (QED) is 0.426. The van der Waals surface area contributed by atoms with Crippen LogP contribution in [-0.2, 0) is 21.4 Å². The monoisotopic (exact) mass is 513 g/mol. The minimum absolute atomic E-state index is 0.0545. The van der Waals surface area contributed by atoms with Crippen LogP contribution in [0, 0.1) is 0 Å². The molecule has 0 unspecified atom stereocenters. The number of hydrogen-bond acceptors (Lipinski definition) is 7. The topological polar surface area (TPSA) is 127 Å². The van der Waals surface area contributed by atoms with Gasteiger partial charge in [0.15, 0.2) is 11.5 Å². The lowest BCUT2D eigenvalue weighted by Crippen LogP contribution is -2.31. The first-order valence-corrected chi connectivity index (χ1v) is 13.2. The number of carbonyl (C=O) groups excluding carboxylic acids is 2. The van der Waals surface area contributed by atoms with Gasteiger partial charge in [0.2, 0.25) is 15.9 Å². The number of amides is 2. The van der Waals surface area contributed by atoms with Crippen LogP contribution in [0.2, 0.25) is 0 Å². The van der Waals surface area contributed by atoms with Gasteiger partial charge in [0.1, 0.15) is 19.0 Å². The fraction of sp³-hybridized carbons (Fsp3) is 0.280. The Labute approximate surface area is 209 Å². The summed E-state index contributed by atoms with van der Waals surface area (Å²) in [6.45, 7) is 1.14. The van der Waals surface area contributed by atoms with Gasteiger partial charge in [-0.1, -0.05) is 12.1 Å². The molecule has 0 aliphatic carbocycles. The summed E-state index contributed by atoms with van der Waals surface area (Å²) in [4.78, 5) is 25.2. The van der Waals surface area contributed by atoms with Crippen molar-refractivity contribution in [3.63, 3.8) is 0 Å². The van der Waals surface area contributed by atoms with Crippen LogP contribution in [0.3, 0.4) is 0 Å². The Balaban J connectivity index is 1.35. The highest BCUT2D eigenvalue weighted by atomic mass is 32.2. The zero-order valence-electron chi connectivity index (χ0n) is 19.7. The second-order valence-corrected chi connectivity index (χ2v) is 10.0. The Morgan fingerprint density at radius 1 is 1.00 bits per heavy atom. The second-order valence-electron chi connectivity index (χ2n) is 8.12. The molecule has 0 saturated heterocycles. The van der Waals surface area contributed by atoms with Gasteiger partial charge in [-0.25, -0.2) is 8.42 Å². The normalized spacial score (nSPS) is 12.6. The van der Waals surface area contributed by atoms with Gasteiger partial charge in [-0.15, -0.1) is 0 Å². The number of sulfonamides is 1. The van der Waals surface area contributed by atoms with Crippen LogP contribution < -0.4 is 24.4 Å². The predicted molar refractivity (Wildman–Crippen MR) is 134 cm³/mol. The number of hydrogen-bond donors (Lipinski definition) is 2. The molecule has 0 fully saturated rings. The van der Waals surface area contributed by atoms with Crippen molar-refractivity contribution in [3.8, 4) is 11.5 Å². The molecule has 11 heteroatoms. The van der Waals surface area contributed by atoms with E-state index >= 15 is 0 Å². The van der Waals surface area contributed by atoms with Gasteiger partial charge < -0.3 is 24.5 Å². The molecular formula is C25H27N3O7S. The van der Waals surface area contributed by atoms with Crippen molar-refractivity contribution in [2.45, 2.75) is 19.4 Å². The number of fused-ring (bicyclic) bond motifs is 1. The van der Waals surface area contributed by atoms with E-state index in [-0.39, 0.29) is 37.7 Å². The summed E-state index contributed by atoms with van der Waals surface area (Å²) in [5.41, 5.74) is 1.11. The Morgan fingerprint density at radius 2 is 1.78 bits per heavy atom. The summed E-state index contributed by atoms with van der Waals surface area (Å²) in [5.74, 6) is 0.955. The maximum Gasteiger partial charge on any atom is 0.253 e. The van der Waals surface area contributed by atoms with E-state index in [0.717, 1.165) is 6.26 Å². The van der Waals surface area contributed by atoms with E-state index in [2.05, 4.69) is 10.6 Å². The molecule has 0 atom stereocenters. The average Bonchev–Trinajstić information content (AvgIpc) is 3.38. The lowest BCUT2D eigenvalue weighted by atomic mass is 10.1. The van der Waals surface area contributed by atoms with Gasteiger partial charge in [-0.2, -0.15) is 0 Å². The Hall–Kier alpha value is -3.99. The maximum absolute atomic E-state index is 12.6. The summed E-state index contributed by atoms with van der Waals surface area (Å²) < 4.78 is 42.4. The van der Waals surface area contributed by atoms with E-state index in [9.17, 15) is 18.0 Å². The summed E-state index contributed by atoms with van der Waals surface area (Å²) in [6.07, 6.45) is 2.95. The van der Waals surface area contributed by atoms with E-state index in [1.54, 1.807) is 54.6 Å². The van der Waals surface area contributed by atoms with Gasteiger partial charge >= 0.3 is 0 Å². The van der Waals surface area contributed by atoms with Crippen molar-refractivity contribution in [2.24, 2.45) is 0 Å². The van der Waals surface area contributed by atoms with Gasteiger partial charge in [-0.05, 0) is 42.8 Å². The molecule has 1 aliphatic heterocycles. The number of furan rings is 1. The predicted octanol–water partition coefficient (Wildman–Crippen LogP) is 3.17. The second kappa shape index (κ2) is 11.2. The number of nitrogens with zero attached hydrogens (tertiary/aromatic N) is 1. The molecule has 1 aliphatic rings. The van der Waals surface area contributed by atoms with Crippen molar-refractivity contribution in [1.29, 1.82) is 0 Å². The largest absolute Gasteiger partial charge is 0.486 e. The highest BCUT2D eigenvalue weighted by Gasteiger charge is 2.21. The number of ether oxygens (including phenoxy) is 2. The van der Waals surface area contributed by atoms with Crippen LogP contribution >= 0.6 is 0 Å². The number of benzene rings is 2. The molecule has 36 heavy (non-hydrogen) atoms. The molecule has 0 bridgehead atoms. The van der Waals surface area contributed by atoms with E-state index in [0.29, 0.717) is 47.4 Å². The molecule has 10 nitrogen and oxygen atoms in total. The number of nitrogens with one attached hydrogen (secondary N) is 2. The van der Waals surface area contributed by atoms with Crippen LogP contribution in [0.5, 0.6) is 11.5 Å². The Kier molecular flexibility index (Phi) is 7.79. The zero-order valence-corrected chi connectivity index (χ0v) is 20.5. The van der Waals surface area contributed by atoms with Gasteiger partial charge in [0.05, 0.1) is 36.0 Å². The molecule has 190 valence electrons. The highest BCUT2D eigenvalue weighted by molar-refractivity contribution is 7.92. The molecule has 2 N–H and O–H groups in total. The first-order chi connectivity index (χ1) is 17.3. The number of rotatable bonds is 10. The molecule has 2 aromatic carbocycles. The fourth-order valence-electron chi connectivity index (χ4n) is 3.74. The van der Waals surface area contributed by atoms with Crippen molar-refractivity contribution in [1.82, 2.24) is 5.32 Å². The van der Waals surface area contributed by atoms with Crippen LogP contribution in [0.25, 0.3) is 0 Å². The molecular weight excluding hydrogens is 486 g/mol. The van der Waals surface area contributed by atoms with Crippen LogP contribution in [0.15, 0.2) is 65.3 Å². The lowest BCUT2D eigenvalue weighted by Gasteiger charge is -2.25. The lowest BCUT2D eigenvalue weighted by molar-refractivity contribution is -0.116. The summed E-state index contributed by atoms with van der Waals surface area (Å²) in [5, 5.41) is 5.50. The Morgan fingerprint density at radius 3 is 2.53 bits per heavy atom. The maximum atomic E-state index is 12.6. The fourth-order valence-corrected chi connectivity index (χ4v) is 4.69. The molecule has 0 saturated carbocycles. The van der Waals surface area contributed by atoms with Gasteiger partial charge in [0.25, 0.3) is 5.91 Å². The summed E-state index contributed by atoms with van der Waals surface area (Å²) >= 11 is 0. The number of carbonyl (C=O) groups is 2. The standard InChI is InChI=1S/C25H27N3O7S/c1-36(31,32)28(18-10-11-22-23(16-18)35-15-14-34-22)12-4-9-24(29)27-21-8-3-2-7-20(21)25(30)26-17-19-6-5-13-33-19/h2-3,5-8,10-11,13,16H,4,9,12,14-15,17H2,1H3,(H,26,30)(H,27,29). The van der Waals surface area contributed by atoms with Crippen LogP contribution in [0.1, 0.15) is 29.0 Å². The first-order valence-electron chi connectivity index (χ1n) is 11.4. The third-order valence-corrected chi connectivity index (χ3v) is 6.62. The van der Waals surface area contributed by atoms with Crippen molar-refractivity contribution >= 4 is 33.2 Å².